The molecule has 1 atom stereocenters. The summed E-state index contributed by atoms with van der Waals surface area (Å²) in [6, 6.07) is 2.71. The number of aromatic nitrogens is 1. The highest BCUT2D eigenvalue weighted by atomic mass is 16.6. The van der Waals surface area contributed by atoms with Gasteiger partial charge < -0.3 is 20.9 Å². The maximum Gasteiger partial charge on any atom is 0.298 e. The molecule has 1 aromatic heterocycles. The van der Waals surface area contributed by atoms with Crippen LogP contribution in [0.15, 0.2) is 17.3 Å². The van der Waals surface area contributed by atoms with E-state index in [2.05, 4.69) is 10.1 Å². The fourth-order valence-corrected chi connectivity index (χ4v) is 1.53. The van der Waals surface area contributed by atoms with Crippen molar-refractivity contribution in [1.82, 2.24) is 4.98 Å². The van der Waals surface area contributed by atoms with Crippen LogP contribution in [0.5, 0.6) is 0 Å². The lowest BCUT2D eigenvalue weighted by Crippen LogP contribution is -2.25. The Kier molecular flexibility index (Phi) is 5.21. The first-order valence-corrected chi connectivity index (χ1v) is 5.89. The molecule has 110 valence electrons. The van der Waals surface area contributed by atoms with Crippen molar-refractivity contribution in [3.05, 3.63) is 27.9 Å². The number of nitrogens with zero attached hydrogens (tertiary/aromatic N) is 4. The van der Waals surface area contributed by atoms with E-state index < -0.39 is 16.9 Å². The minimum atomic E-state index is -0.653. The smallest absolute Gasteiger partial charge is 0.298 e. The average Bonchev–Trinajstić information content (AvgIpc) is 2.42. The maximum atomic E-state index is 10.9. The Morgan fingerprint density at radius 1 is 1.65 bits per heavy atom. The average molecular weight is 283 g/mol. The second-order valence-electron chi connectivity index (χ2n) is 4.34. The molecule has 0 fully saturated rings. The Balaban J connectivity index is 3.09. The largest absolute Gasteiger partial charge is 0.409 e. The number of nitrogens with two attached hydrogens (primary N) is 1. The molecule has 1 heterocycles. The Bertz CT molecular complexity index is 518. The Morgan fingerprint density at radius 2 is 2.30 bits per heavy atom. The fraction of sp³-hybridized carbons (Fsp3) is 0.455. The van der Waals surface area contributed by atoms with Crippen molar-refractivity contribution in [1.29, 1.82) is 0 Å². The summed E-state index contributed by atoms with van der Waals surface area (Å²) in [6.07, 6.45) is 0.0627. The maximum absolute atomic E-state index is 10.9. The molecule has 9 heteroatoms. The summed E-state index contributed by atoms with van der Waals surface area (Å²) in [6.45, 7) is 2.18. The van der Waals surface area contributed by atoms with Gasteiger partial charge in [0.05, 0.1) is 11.0 Å². The lowest BCUT2D eigenvalue weighted by Gasteiger charge is -2.19. The van der Waals surface area contributed by atoms with Gasteiger partial charge >= 0.3 is 0 Å². The molecule has 0 aliphatic heterocycles. The van der Waals surface area contributed by atoms with E-state index >= 15 is 0 Å². The van der Waals surface area contributed by atoms with E-state index in [0.29, 0.717) is 18.8 Å². The van der Waals surface area contributed by atoms with E-state index in [0.717, 1.165) is 0 Å². The SMILES string of the molecule is CC(O)CCN(C)c1ccc([N+](=O)[O-])c(/C(N)=N/O)n1. The summed E-state index contributed by atoms with van der Waals surface area (Å²) in [7, 11) is 1.73. The molecule has 0 aliphatic rings. The van der Waals surface area contributed by atoms with Crippen LogP contribution in [-0.4, -0.2) is 45.8 Å². The second kappa shape index (κ2) is 6.66. The van der Waals surface area contributed by atoms with E-state index in [1.807, 2.05) is 0 Å². The number of hydrogen-bond donors (Lipinski definition) is 3. The van der Waals surface area contributed by atoms with Gasteiger partial charge in [0.15, 0.2) is 11.5 Å². The highest BCUT2D eigenvalue weighted by molar-refractivity contribution is 5.99. The zero-order valence-corrected chi connectivity index (χ0v) is 11.2. The molecule has 1 unspecified atom stereocenters. The van der Waals surface area contributed by atoms with Crippen LogP contribution in [0.1, 0.15) is 19.0 Å². The van der Waals surface area contributed by atoms with Crippen LogP contribution in [0.3, 0.4) is 0 Å². The molecule has 0 aromatic carbocycles. The normalized spacial score (nSPS) is 13.1. The summed E-state index contributed by atoms with van der Waals surface area (Å²) in [5, 5.41) is 31.5. The van der Waals surface area contributed by atoms with Crippen molar-refractivity contribution >= 4 is 17.3 Å². The predicted molar refractivity (Wildman–Crippen MR) is 73.0 cm³/mol. The van der Waals surface area contributed by atoms with Crippen LogP contribution in [0.25, 0.3) is 0 Å². The molecule has 9 nitrogen and oxygen atoms in total. The number of aliphatic hydroxyl groups is 1. The number of anilines is 1. The first-order valence-electron chi connectivity index (χ1n) is 5.89. The van der Waals surface area contributed by atoms with Gasteiger partial charge in [0.2, 0.25) is 0 Å². The number of pyridine rings is 1. The van der Waals surface area contributed by atoms with E-state index in [-0.39, 0.29) is 11.4 Å². The summed E-state index contributed by atoms with van der Waals surface area (Å²) in [5.41, 5.74) is 4.86. The number of amidine groups is 1. The third kappa shape index (κ3) is 3.79. The molecule has 20 heavy (non-hydrogen) atoms. The van der Waals surface area contributed by atoms with Gasteiger partial charge in [-0.15, -0.1) is 0 Å². The zero-order valence-electron chi connectivity index (χ0n) is 11.2. The fourth-order valence-electron chi connectivity index (χ4n) is 1.53. The molecule has 0 aliphatic carbocycles. The lowest BCUT2D eigenvalue weighted by molar-refractivity contribution is -0.385. The van der Waals surface area contributed by atoms with Crippen molar-refractivity contribution in [2.45, 2.75) is 19.4 Å². The van der Waals surface area contributed by atoms with Gasteiger partial charge in [0.25, 0.3) is 5.69 Å². The van der Waals surface area contributed by atoms with Crippen molar-refractivity contribution < 1.29 is 15.2 Å². The van der Waals surface area contributed by atoms with Gasteiger partial charge in [-0.2, -0.15) is 0 Å². The molecule has 0 saturated heterocycles. The third-order valence-corrected chi connectivity index (χ3v) is 2.68. The lowest BCUT2D eigenvalue weighted by atomic mass is 10.2. The Hall–Kier alpha value is -2.42. The van der Waals surface area contributed by atoms with Crippen LogP contribution in [0.4, 0.5) is 11.5 Å². The number of oxime groups is 1. The van der Waals surface area contributed by atoms with Gasteiger partial charge in [-0.05, 0) is 19.4 Å². The molecule has 1 aromatic rings. The highest BCUT2D eigenvalue weighted by Gasteiger charge is 2.20. The topological polar surface area (TPSA) is 138 Å². The number of rotatable bonds is 6. The summed E-state index contributed by atoms with van der Waals surface area (Å²) < 4.78 is 0. The second-order valence-corrected chi connectivity index (χ2v) is 4.34. The Morgan fingerprint density at radius 3 is 2.80 bits per heavy atom. The van der Waals surface area contributed by atoms with Crippen molar-refractivity contribution in [2.24, 2.45) is 10.9 Å². The van der Waals surface area contributed by atoms with E-state index in [1.165, 1.54) is 12.1 Å². The van der Waals surface area contributed by atoms with Crippen LogP contribution < -0.4 is 10.6 Å². The summed E-state index contributed by atoms with van der Waals surface area (Å²) in [5.74, 6) is 0.000302. The van der Waals surface area contributed by atoms with Crippen LogP contribution in [-0.2, 0) is 0 Å². The van der Waals surface area contributed by atoms with Crippen molar-refractivity contribution in [2.75, 3.05) is 18.5 Å². The van der Waals surface area contributed by atoms with Crippen LogP contribution >= 0.6 is 0 Å². The van der Waals surface area contributed by atoms with Gasteiger partial charge in [-0.25, -0.2) is 4.98 Å². The third-order valence-electron chi connectivity index (χ3n) is 2.68. The molecule has 0 spiro atoms. The monoisotopic (exact) mass is 283 g/mol. The first kappa shape index (κ1) is 15.6. The van der Waals surface area contributed by atoms with Gasteiger partial charge in [0.1, 0.15) is 5.82 Å². The molecule has 0 saturated carbocycles. The standard InChI is InChI=1S/C11H17N5O4/c1-7(17)5-6-15(2)9-4-3-8(16(19)20)10(13-9)11(12)14-18/h3-4,7,17-18H,5-6H2,1-2H3,(H2,12,14). The van der Waals surface area contributed by atoms with E-state index in [4.69, 9.17) is 10.9 Å². The van der Waals surface area contributed by atoms with Gasteiger partial charge in [0, 0.05) is 19.7 Å². The zero-order chi connectivity index (χ0) is 15.3. The number of nitro groups is 1. The van der Waals surface area contributed by atoms with Crippen LogP contribution in [0.2, 0.25) is 0 Å². The summed E-state index contributed by atoms with van der Waals surface area (Å²) >= 11 is 0. The predicted octanol–water partition coefficient (Wildman–Crippen LogP) is 0.291. The number of aliphatic hydroxyl groups excluding tert-OH is 1. The highest BCUT2D eigenvalue weighted by Crippen LogP contribution is 2.20. The molecular weight excluding hydrogens is 266 g/mol. The van der Waals surface area contributed by atoms with Crippen molar-refractivity contribution in [3.63, 3.8) is 0 Å². The molecular formula is C11H17N5O4. The van der Waals surface area contributed by atoms with E-state index in [1.54, 1.807) is 18.9 Å². The van der Waals surface area contributed by atoms with Gasteiger partial charge in [-0.3, -0.25) is 10.1 Å². The first-order chi connectivity index (χ1) is 9.36. The van der Waals surface area contributed by atoms with Crippen LogP contribution in [0, 0.1) is 10.1 Å². The summed E-state index contributed by atoms with van der Waals surface area (Å²) in [4.78, 5) is 16.0. The number of hydrogen-bond acceptors (Lipinski definition) is 7. The van der Waals surface area contributed by atoms with E-state index in [9.17, 15) is 15.2 Å². The molecule has 0 radical (unpaired) electrons. The molecule has 0 bridgehead atoms. The minimum Gasteiger partial charge on any atom is -0.409 e. The molecule has 4 N–H and O–H groups in total. The molecule has 0 amide bonds. The Labute approximate surface area is 115 Å². The van der Waals surface area contributed by atoms with Gasteiger partial charge in [-0.1, -0.05) is 5.16 Å². The quantitative estimate of drug-likeness (QED) is 0.224. The van der Waals surface area contributed by atoms with Crippen molar-refractivity contribution in [3.8, 4) is 0 Å². The molecule has 1 rings (SSSR count). The minimum absolute atomic E-state index is 0.195.